The van der Waals surface area contributed by atoms with E-state index in [0.717, 1.165) is 34.8 Å². The van der Waals surface area contributed by atoms with Gasteiger partial charge in [0.05, 0.1) is 28.3 Å². The molecule has 0 amide bonds. The molecule has 3 rings (SSSR count). The van der Waals surface area contributed by atoms with Crippen molar-refractivity contribution < 1.29 is 0 Å². The molecule has 0 atom stereocenters. The fraction of sp³-hybridized carbons (Fsp3) is 0.375. The van der Waals surface area contributed by atoms with E-state index < -0.39 is 0 Å². The van der Waals surface area contributed by atoms with Gasteiger partial charge in [0.1, 0.15) is 5.82 Å². The lowest BCUT2D eigenvalue weighted by Crippen LogP contribution is -2.11. The Bertz CT molecular complexity index is 764. The zero-order valence-electron chi connectivity index (χ0n) is 12.8. The van der Waals surface area contributed by atoms with Crippen LogP contribution in [-0.4, -0.2) is 15.0 Å². The highest BCUT2D eigenvalue weighted by molar-refractivity contribution is 7.09. The van der Waals surface area contributed by atoms with Crippen molar-refractivity contribution in [3.63, 3.8) is 0 Å². The minimum Gasteiger partial charge on any atom is -0.379 e. The SMILES string of the molecule is Cc1nc2ccc(NCc3csc(C(C)(C)C)n3)cc2[nH]1. The van der Waals surface area contributed by atoms with Gasteiger partial charge in [0.15, 0.2) is 0 Å². The van der Waals surface area contributed by atoms with Crippen LogP contribution in [-0.2, 0) is 12.0 Å². The lowest BCUT2D eigenvalue weighted by molar-refractivity contribution is 0.583. The Labute approximate surface area is 128 Å². The van der Waals surface area contributed by atoms with Gasteiger partial charge in [0.2, 0.25) is 0 Å². The normalized spacial score (nSPS) is 12.0. The predicted molar refractivity (Wildman–Crippen MR) is 89.0 cm³/mol. The Morgan fingerprint density at radius 3 is 2.76 bits per heavy atom. The quantitative estimate of drug-likeness (QED) is 0.760. The molecule has 1 aromatic carbocycles. The zero-order chi connectivity index (χ0) is 15.0. The molecule has 2 aromatic heterocycles. The first-order valence-electron chi connectivity index (χ1n) is 7.07. The molecular formula is C16H20N4S. The summed E-state index contributed by atoms with van der Waals surface area (Å²) < 4.78 is 0. The second-order valence-corrected chi connectivity index (χ2v) is 7.16. The number of benzene rings is 1. The number of rotatable bonds is 3. The maximum absolute atomic E-state index is 4.70. The average molecular weight is 300 g/mol. The summed E-state index contributed by atoms with van der Waals surface area (Å²) in [6.45, 7) is 9.29. The van der Waals surface area contributed by atoms with Crippen molar-refractivity contribution in [1.82, 2.24) is 15.0 Å². The van der Waals surface area contributed by atoms with Gasteiger partial charge < -0.3 is 10.3 Å². The number of hydrogen-bond donors (Lipinski definition) is 2. The molecule has 0 fully saturated rings. The first-order valence-corrected chi connectivity index (χ1v) is 7.95. The fourth-order valence-corrected chi connectivity index (χ4v) is 3.08. The molecule has 21 heavy (non-hydrogen) atoms. The molecule has 0 bridgehead atoms. The number of aryl methyl sites for hydroxylation is 1. The van der Waals surface area contributed by atoms with Gasteiger partial charge in [-0.2, -0.15) is 0 Å². The summed E-state index contributed by atoms with van der Waals surface area (Å²) in [6.07, 6.45) is 0. The van der Waals surface area contributed by atoms with Crippen LogP contribution in [0.3, 0.4) is 0 Å². The molecule has 0 saturated heterocycles. The number of imidazole rings is 1. The van der Waals surface area contributed by atoms with Crippen molar-refractivity contribution in [2.75, 3.05) is 5.32 Å². The van der Waals surface area contributed by atoms with E-state index >= 15 is 0 Å². The summed E-state index contributed by atoms with van der Waals surface area (Å²) in [5.74, 6) is 0.941. The van der Waals surface area contributed by atoms with Crippen LogP contribution in [0.15, 0.2) is 23.6 Å². The molecule has 0 unspecified atom stereocenters. The molecule has 0 aliphatic heterocycles. The number of anilines is 1. The Morgan fingerprint density at radius 1 is 1.24 bits per heavy atom. The van der Waals surface area contributed by atoms with Gasteiger partial charge in [-0.1, -0.05) is 20.8 Å². The van der Waals surface area contributed by atoms with Gasteiger partial charge in [0.25, 0.3) is 0 Å². The summed E-state index contributed by atoms with van der Waals surface area (Å²) in [5.41, 5.74) is 4.35. The van der Waals surface area contributed by atoms with Gasteiger partial charge in [-0.3, -0.25) is 0 Å². The smallest absolute Gasteiger partial charge is 0.104 e. The topological polar surface area (TPSA) is 53.6 Å². The van der Waals surface area contributed by atoms with Crippen LogP contribution in [0, 0.1) is 6.92 Å². The van der Waals surface area contributed by atoms with Crippen molar-refractivity contribution in [3.8, 4) is 0 Å². The van der Waals surface area contributed by atoms with Crippen molar-refractivity contribution in [1.29, 1.82) is 0 Å². The van der Waals surface area contributed by atoms with Crippen LogP contribution in [0.2, 0.25) is 0 Å². The van der Waals surface area contributed by atoms with Crippen LogP contribution in [0.4, 0.5) is 5.69 Å². The molecule has 0 aliphatic carbocycles. The number of nitrogens with zero attached hydrogens (tertiary/aromatic N) is 2. The summed E-state index contributed by atoms with van der Waals surface area (Å²) in [7, 11) is 0. The number of nitrogens with one attached hydrogen (secondary N) is 2. The highest BCUT2D eigenvalue weighted by Gasteiger charge is 2.17. The first kappa shape index (κ1) is 14.1. The van der Waals surface area contributed by atoms with Gasteiger partial charge in [-0.15, -0.1) is 11.3 Å². The van der Waals surface area contributed by atoms with E-state index in [1.54, 1.807) is 11.3 Å². The van der Waals surface area contributed by atoms with Gasteiger partial charge in [-0.05, 0) is 25.1 Å². The third-order valence-electron chi connectivity index (χ3n) is 3.27. The number of thiazole rings is 1. The summed E-state index contributed by atoms with van der Waals surface area (Å²) in [6, 6.07) is 6.18. The number of hydrogen-bond acceptors (Lipinski definition) is 4. The molecule has 2 heterocycles. The van der Waals surface area contributed by atoms with Gasteiger partial charge >= 0.3 is 0 Å². The number of aromatic nitrogens is 3. The van der Waals surface area contributed by atoms with E-state index in [4.69, 9.17) is 4.98 Å². The molecule has 5 heteroatoms. The minimum atomic E-state index is 0.120. The lowest BCUT2D eigenvalue weighted by atomic mass is 9.98. The standard InChI is InChI=1S/C16H20N4S/c1-10-18-13-6-5-11(7-14(13)19-10)17-8-12-9-21-15(20-12)16(2,3)4/h5-7,9,17H,8H2,1-4H3,(H,18,19). The van der Waals surface area contributed by atoms with Gasteiger partial charge in [0, 0.05) is 16.5 Å². The van der Waals surface area contributed by atoms with E-state index in [0.29, 0.717) is 0 Å². The Morgan fingerprint density at radius 2 is 2.05 bits per heavy atom. The molecule has 0 saturated carbocycles. The largest absolute Gasteiger partial charge is 0.379 e. The van der Waals surface area contributed by atoms with E-state index in [1.807, 2.05) is 13.0 Å². The van der Waals surface area contributed by atoms with E-state index in [2.05, 4.69) is 53.6 Å². The van der Waals surface area contributed by atoms with Crippen LogP contribution in [0.25, 0.3) is 11.0 Å². The predicted octanol–water partition coefficient (Wildman–Crippen LogP) is 4.24. The maximum atomic E-state index is 4.70. The van der Waals surface area contributed by atoms with E-state index in [-0.39, 0.29) is 5.41 Å². The molecule has 0 aliphatic rings. The maximum Gasteiger partial charge on any atom is 0.104 e. The third kappa shape index (κ3) is 3.08. The summed E-state index contributed by atoms with van der Waals surface area (Å²) >= 11 is 1.73. The van der Waals surface area contributed by atoms with Crippen molar-refractivity contribution in [2.24, 2.45) is 0 Å². The lowest BCUT2D eigenvalue weighted by Gasteiger charge is -2.13. The number of H-pyrrole nitrogens is 1. The summed E-state index contributed by atoms with van der Waals surface area (Å²) in [5, 5.41) is 6.73. The molecule has 3 aromatic rings. The third-order valence-corrected chi connectivity index (χ3v) is 4.58. The molecule has 2 N–H and O–H groups in total. The summed E-state index contributed by atoms with van der Waals surface area (Å²) in [4.78, 5) is 12.4. The minimum absolute atomic E-state index is 0.120. The van der Waals surface area contributed by atoms with E-state index in [9.17, 15) is 0 Å². The van der Waals surface area contributed by atoms with Crippen molar-refractivity contribution in [3.05, 3.63) is 40.1 Å². The second-order valence-electron chi connectivity index (χ2n) is 6.30. The highest BCUT2D eigenvalue weighted by atomic mass is 32.1. The highest BCUT2D eigenvalue weighted by Crippen LogP contribution is 2.26. The van der Waals surface area contributed by atoms with Crippen molar-refractivity contribution in [2.45, 2.75) is 39.7 Å². The Balaban J connectivity index is 1.72. The molecular weight excluding hydrogens is 280 g/mol. The van der Waals surface area contributed by atoms with E-state index in [1.165, 1.54) is 5.01 Å². The molecule has 0 spiro atoms. The second kappa shape index (κ2) is 5.15. The molecule has 0 radical (unpaired) electrons. The van der Waals surface area contributed by atoms with Crippen LogP contribution >= 0.6 is 11.3 Å². The van der Waals surface area contributed by atoms with Crippen LogP contribution < -0.4 is 5.32 Å². The van der Waals surface area contributed by atoms with Crippen LogP contribution in [0.1, 0.15) is 37.3 Å². The Kier molecular flexibility index (Phi) is 3.45. The number of aromatic amines is 1. The zero-order valence-corrected chi connectivity index (χ0v) is 13.6. The molecule has 4 nitrogen and oxygen atoms in total. The van der Waals surface area contributed by atoms with Gasteiger partial charge in [-0.25, -0.2) is 9.97 Å². The number of fused-ring (bicyclic) bond motifs is 1. The fourth-order valence-electron chi connectivity index (χ4n) is 2.17. The Hall–Kier alpha value is -1.88. The average Bonchev–Trinajstić information content (AvgIpc) is 3.00. The van der Waals surface area contributed by atoms with Crippen molar-refractivity contribution >= 4 is 28.1 Å². The van der Waals surface area contributed by atoms with Crippen LogP contribution in [0.5, 0.6) is 0 Å². The molecule has 110 valence electrons. The monoisotopic (exact) mass is 300 g/mol. The first-order chi connectivity index (χ1) is 9.91.